The lowest BCUT2D eigenvalue weighted by atomic mass is 9.94. The van der Waals surface area contributed by atoms with Gasteiger partial charge in [0.1, 0.15) is 11.6 Å². The summed E-state index contributed by atoms with van der Waals surface area (Å²) in [4.78, 5) is 43.5. The van der Waals surface area contributed by atoms with E-state index in [1.165, 1.54) is 33.9 Å². The number of pyridine rings is 2. The van der Waals surface area contributed by atoms with E-state index in [-0.39, 0.29) is 35.8 Å². The molecule has 0 radical (unpaired) electrons. The molecule has 1 aliphatic heterocycles. The monoisotopic (exact) mass is 499 g/mol. The van der Waals surface area contributed by atoms with Crippen LogP contribution in [0.15, 0.2) is 65.7 Å². The van der Waals surface area contributed by atoms with Crippen LogP contribution in [0, 0.1) is 24.6 Å². The summed E-state index contributed by atoms with van der Waals surface area (Å²) in [5, 5.41) is 5.09. The third-order valence-corrected chi connectivity index (χ3v) is 5.94. The van der Waals surface area contributed by atoms with Gasteiger partial charge in [0, 0.05) is 37.6 Å². The predicted molar refractivity (Wildman–Crippen MR) is 128 cm³/mol. The van der Waals surface area contributed by atoms with Crippen LogP contribution in [0.2, 0.25) is 0 Å². The maximum atomic E-state index is 14.8. The number of aryl methyl sites for hydroxylation is 1. The Labute approximate surface area is 204 Å². The molecule has 2 N–H and O–H groups in total. The van der Waals surface area contributed by atoms with E-state index < -0.39 is 42.4 Å². The van der Waals surface area contributed by atoms with Gasteiger partial charge in [-0.1, -0.05) is 12.1 Å². The number of alkyl halides is 2. The van der Waals surface area contributed by atoms with Crippen LogP contribution in [-0.4, -0.2) is 52.3 Å². The standard InChI is InChI=1S/C25H24F3N5O3/c1-15-5-8-22(29-11-15)31-25(36)18-13-32(14-21(27)28)12-17(18)24(35)30-20-7-6-16(10-19(20)26)33-9-3-2-4-23(33)34/h2-11,17-18,21H,12-14H2,1H3,(H,30,35)(H,29,31,36)/t17-,18-/m0/s1. The van der Waals surface area contributed by atoms with Crippen molar-refractivity contribution < 1.29 is 22.8 Å². The number of carbonyl (C=O) groups is 2. The minimum absolute atomic E-state index is 0.0571. The maximum absolute atomic E-state index is 14.8. The molecule has 0 spiro atoms. The molecule has 1 fully saturated rings. The molecule has 11 heteroatoms. The molecule has 2 aromatic heterocycles. The van der Waals surface area contributed by atoms with Gasteiger partial charge in [0.2, 0.25) is 11.8 Å². The van der Waals surface area contributed by atoms with Gasteiger partial charge in [-0.25, -0.2) is 18.2 Å². The van der Waals surface area contributed by atoms with E-state index in [1.54, 1.807) is 30.5 Å². The van der Waals surface area contributed by atoms with Gasteiger partial charge in [0.05, 0.1) is 29.8 Å². The van der Waals surface area contributed by atoms with Crippen molar-refractivity contribution in [3.8, 4) is 5.69 Å². The van der Waals surface area contributed by atoms with Gasteiger partial charge in [-0.15, -0.1) is 0 Å². The molecule has 1 aromatic carbocycles. The number of anilines is 2. The molecule has 8 nitrogen and oxygen atoms in total. The highest BCUT2D eigenvalue weighted by Gasteiger charge is 2.42. The zero-order valence-corrected chi connectivity index (χ0v) is 19.3. The molecule has 188 valence electrons. The topological polar surface area (TPSA) is 96.3 Å². The van der Waals surface area contributed by atoms with E-state index >= 15 is 0 Å². The molecule has 36 heavy (non-hydrogen) atoms. The van der Waals surface area contributed by atoms with Crippen LogP contribution in [0.4, 0.5) is 24.7 Å². The highest BCUT2D eigenvalue weighted by molar-refractivity contribution is 6.00. The van der Waals surface area contributed by atoms with E-state index in [2.05, 4.69) is 15.6 Å². The van der Waals surface area contributed by atoms with Crippen LogP contribution in [0.3, 0.4) is 0 Å². The Balaban J connectivity index is 1.52. The number of benzene rings is 1. The van der Waals surface area contributed by atoms with E-state index in [0.29, 0.717) is 0 Å². The van der Waals surface area contributed by atoms with Crippen LogP contribution < -0.4 is 16.2 Å². The average Bonchev–Trinajstić information content (AvgIpc) is 3.25. The van der Waals surface area contributed by atoms with Crippen LogP contribution in [0.25, 0.3) is 5.69 Å². The van der Waals surface area contributed by atoms with Gasteiger partial charge in [-0.3, -0.25) is 23.9 Å². The number of aromatic nitrogens is 2. The second kappa shape index (κ2) is 10.7. The molecule has 0 saturated carbocycles. The van der Waals surface area contributed by atoms with Crippen molar-refractivity contribution in [3.63, 3.8) is 0 Å². The summed E-state index contributed by atoms with van der Waals surface area (Å²) < 4.78 is 42.1. The smallest absolute Gasteiger partial charge is 0.255 e. The lowest BCUT2D eigenvalue weighted by Gasteiger charge is -2.18. The Morgan fingerprint density at radius 2 is 1.78 bits per heavy atom. The van der Waals surface area contributed by atoms with Crippen molar-refractivity contribution in [3.05, 3.63) is 82.7 Å². The van der Waals surface area contributed by atoms with E-state index in [1.807, 2.05) is 6.92 Å². The van der Waals surface area contributed by atoms with Crippen LogP contribution in [-0.2, 0) is 9.59 Å². The van der Waals surface area contributed by atoms with Crippen molar-refractivity contribution in [1.82, 2.24) is 14.5 Å². The van der Waals surface area contributed by atoms with Crippen LogP contribution >= 0.6 is 0 Å². The minimum atomic E-state index is -2.64. The molecular formula is C25H24F3N5O3. The number of nitrogens with zero attached hydrogens (tertiary/aromatic N) is 3. The normalized spacial score (nSPS) is 17.8. The number of rotatable bonds is 7. The summed E-state index contributed by atoms with van der Waals surface area (Å²) in [6.45, 7) is 1.10. The number of hydrogen-bond donors (Lipinski definition) is 2. The van der Waals surface area contributed by atoms with Crippen LogP contribution in [0.5, 0.6) is 0 Å². The maximum Gasteiger partial charge on any atom is 0.255 e. The first-order valence-electron chi connectivity index (χ1n) is 11.2. The number of carbonyl (C=O) groups excluding carboxylic acids is 2. The second-order valence-electron chi connectivity index (χ2n) is 8.59. The van der Waals surface area contributed by atoms with Crippen LogP contribution in [0.1, 0.15) is 5.56 Å². The number of halogens is 3. The average molecular weight is 499 g/mol. The quantitative estimate of drug-likeness (QED) is 0.521. The van der Waals surface area contributed by atoms with Crippen molar-refractivity contribution in [2.24, 2.45) is 11.8 Å². The first kappa shape index (κ1) is 25.1. The first-order chi connectivity index (χ1) is 17.2. The number of amides is 2. The van der Waals surface area contributed by atoms with Gasteiger partial charge in [-0.05, 0) is 36.8 Å². The van der Waals surface area contributed by atoms with Crippen molar-refractivity contribution in [2.45, 2.75) is 13.3 Å². The summed E-state index contributed by atoms with van der Waals surface area (Å²) in [5.41, 5.74) is 0.650. The Bertz CT molecular complexity index is 1310. The molecule has 0 unspecified atom stereocenters. The molecule has 3 aromatic rings. The lowest BCUT2D eigenvalue weighted by Crippen LogP contribution is -2.36. The summed E-state index contributed by atoms with van der Waals surface area (Å²) in [5.74, 6) is -3.67. The third kappa shape index (κ3) is 5.80. The fourth-order valence-corrected chi connectivity index (χ4v) is 4.14. The van der Waals surface area contributed by atoms with E-state index in [0.717, 1.165) is 11.6 Å². The Morgan fingerprint density at radius 1 is 1.06 bits per heavy atom. The van der Waals surface area contributed by atoms with Crippen molar-refractivity contribution >= 4 is 23.3 Å². The SMILES string of the molecule is Cc1ccc(NC(=O)[C@H]2CN(CC(F)F)C[C@@H]2C(=O)Nc2ccc(-n3ccccc3=O)cc2F)nc1. The summed E-state index contributed by atoms with van der Waals surface area (Å²) in [7, 11) is 0. The first-order valence-corrected chi connectivity index (χ1v) is 11.2. The minimum Gasteiger partial charge on any atom is -0.323 e. The molecule has 0 bridgehead atoms. The van der Waals surface area contributed by atoms with Crippen molar-refractivity contribution in [2.75, 3.05) is 30.3 Å². The molecule has 4 rings (SSSR count). The molecule has 2 atom stereocenters. The summed E-state index contributed by atoms with van der Waals surface area (Å²) in [6.07, 6.45) is 0.408. The second-order valence-corrected chi connectivity index (χ2v) is 8.59. The number of likely N-dealkylation sites (tertiary alicyclic amines) is 1. The zero-order valence-electron chi connectivity index (χ0n) is 19.3. The van der Waals surface area contributed by atoms with Gasteiger partial charge in [-0.2, -0.15) is 0 Å². The van der Waals surface area contributed by atoms with Gasteiger partial charge >= 0.3 is 0 Å². The predicted octanol–water partition coefficient (Wildman–Crippen LogP) is 3.07. The van der Waals surface area contributed by atoms with Gasteiger partial charge < -0.3 is 10.6 Å². The highest BCUT2D eigenvalue weighted by Crippen LogP contribution is 2.28. The van der Waals surface area contributed by atoms with E-state index in [4.69, 9.17) is 0 Å². The Hall–Kier alpha value is -3.99. The van der Waals surface area contributed by atoms with Gasteiger partial charge in [0.25, 0.3) is 12.0 Å². The summed E-state index contributed by atoms with van der Waals surface area (Å²) in [6, 6.07) is 11.7. The largest absolute Gasteiger partial charge is 0.323 e. The summed E-state index contributed by atoms with van der Waals surface area (Å²) >= 11 is 0. The Kier molecular flexibility index (Phi) is 7.49. The number of hydrogen-bond acceptors (Lipinski definition) is 5. The highest BCUT2D eigenvalue weighted by atomic mass is 19.3. The van der Waals surface area contributed by atoms with Crippen molar-refractivity contribution in [1.29, 1.82) is 0 Å². The fraction of sp³-hybridized carbons (Fsp3) is 0.280. The van der Waals surface area contributed by atoms with E-state index in [9.17, 15) is 27.6 Å². The Morgan fingerprint density at radius 3 is 2.39 bits per heavy atom. The third-order valence-electron chi connectivity index (χ3n) is 5.94. The fourth-order valence-electron chi connectivity index (χ4n) is 4.14. The molecule has 1 aliphatic rings. The zero-order chi connectivity index (χ0) is 25.8. The lowest BCUT2D eigenvalue weighted by molar-refractivity contribution is -0.127. The molecular weight excluding hydrogens is 475 g/mol. The molecule has 3 heterocycles. The number of nitrogens with one attached hydrogen (secondary N) is 2. The molecule has 0 aliphatic carbocycles. The van der Waals surface area contributed by atoms with Gasteiger partial charge in [0.15, 0.2) is 0 Å². The molecule has 2 amide bonds. The molecule has 1 saturated heterocycles.